The number of morpholine rings is 1. The fourth-order valence-corrected chi connectivity index (χ4v) is 2.04. The van der Waals surface area contributed by atoms with E-state index in [0.29, 0.717) is 13.0 Å². The number of benzene rings is 1. The van der Waals surface area contributed by atoms with Gasteiger partial charge in [-0.1, -0.05) is 30.3 Å². The third-order valence-corrected chi connectivity index (χ3v) is 2.95. The van der Waals surface area contributed by atoms with Gasteiger partial charge in [-0.15, -0.1) is 0 Å². The van der Waals surface area contributed by atoms with Gasteiger partial charge < -0.3 is 9.53 Å². The van der Waals surface area contributed by atoms with Gasteiger partial charge in [0, 0.05) is 25.6 Å². The molecule has 0 saturated carbocycles. The summed E-state index contributed by atoms with van der Waals surface area (Å²) >= 11 is 0. The molecular weight excluding hydrogens is 202 g/mol. The van der Waals surface area contributed by atoms with Crippen LogP contribution in [0.5, 0.6) is 0 Å². The topological polar surface area (TPSA) is 29.5 Å². The Morgan fingerprint density at radius 2 is 2.19 bits per heavy atom. The molecule has 1 aromatic rings. The van der Waals surface area contributed by atoms with E-state index in [1.165, 1.54) is 5.56 Å². The molecular formula is C13H17NO2. The van der Waals surface area contributed by atoms with Crippen LogP contribution in [-0.2, 0) is 16.1 Å². The van der Waals surface area contributed by atoms with Crippen molar-refractivity contribution in [1.29, 1.82) is 0 Å². The van der Waals surface area contributed by atoms with Crippen molar-refractivity contribution in [2.24, 2.45) is 0 Å². The summed E-state index contributed by atoms with van der Waals surface area (Å²) in [4.78, 5) is 12.9. The average Bonchev–Trinajstić information content (AvgIpc) is 2.33. The molecule has 0 bridgehead atoms. The van der Waals surface area contributed by atoms with Crippen LogP contribution in [0.3, 0.4) is 0 Å². The van der Waals surface area contributed by atoms with Crippen LogP contribution in [0.4, 0.5) is 0 Å². The average molecular weight is 219 g/mol. The van der Waals surface area contributed by atoms with E-state index in [0.717, 1.165) is 26.0 Å². The molecule has 0 spiro atoms. The number of carbonyl (C=O) groups is 1. The summed E-state index contributed by atoms with van der Waals surface area (Å²) in [6.07, 6.45) is 1.55. The number of carbonyl (C=O) groups excluding carboxylic acids is 1. The Morgan fingerprint density at radius 1 is 1.38 bits per heavy atom. The molecule has 0 radical (unpaired) electrons. The second kappa shape index (κ2) is 5.77. The van der Waals surface area contributed by atoms with Gasteiger partial charge in [0.15, 0.2) is 0 Å². The third kappa shape index (κ3) is 2.90. The summed E-state index contributed by atoms with van der Waals surface area (Å²) in [5, 5.41) is 0. The Labute approximate surface area is 96.0 Å². The van der Waals surface area contributed by atoms with Gasteiger partial charge in [-0.25, -0.2) is 0 Å². The van der Waals surface area contributed by atoms with Crippen LogP contribution in [0, 0.1) is 0 Å². The Bertz CT molecular complexity index is 326. The minimum atomic E-state index is 0.242. The molecule has 86 valence electrons. The largest absolute Gasteiger partial charge is 0.378 e. The summed E-state index contributed by atoms with van der Waals surface area (Å²) in [7, 11) is 0. The first-order valence-electron chi connectivity index (χ1n) is 5.69. The zero-order chi connectivity index (χ0) is 11.2. The SMILES string of the molecule is O=CCC1COCCN1Cc1ccccc1. The Morgan fingerprint density at radius 3 is 2.94 bits per heavy atom. The molecule has 0 amide bonds. The summed E-state index contributed by atoms with van der Waals surface area (Å²) in [5.41, 5.74) is 1.29. The Kier molecular flexibility index (Phi) is 4.08. The lowest BCUT2D eigenvalue weighted by Gasteiger charge is -2.34. The number of rotatable bonds is 4. The molecule has 1 aromatic carbocycles. The molecule has 3 heteroatoms. The second-order valence-electron chi connectivity index (χ2n) is 4.09. The molecule has 3 nitrogen and oxygen atoms in total. The summed E-state index contributed by atoms with van der Waals surface area (Å²) < 4.78 is 5.40. The van der Waals surface area contributed by atoms with Gasteiger partial charge in [-0.3, -0.25) is 4.90 Å². The number of aldehydes is 1. The summed E-state index contributed by atoms with van der Waals surface area (Å²) in [5.74, 6) is 0. The normalized spacial score (nSPS) is 21.9. The van der Waals surface area contributed by atoms with Crippen molar-refractivity contribution >= 4 is 6.29 Å². The highest BCUT2D eigenvalue weighted by molar-refractivity contribution is 5.50. The standard InChI is InChI=1S/C13H17NO2/c15-8-6-13-11-16-9-7-14(13)10-12-4-2-1-3-5-12/h1-5,8,13H,6-7,9-11H2. The van der Waals surface area contributed by atoms with E-state index in [4.69, 9.17) is 4.74 Å². The number of hydrogen-bond donors (Lipinski definition) is 0. The first-order valence-corrected chi connectivity index (χ1v) is 5.69. The Balaban J connectivity index is 1.98. The van der Waals surface area contributed by atoms with Crippen LogP contribution in [0.15, 0.2) is 30.3 Å². The molecule has 1 aliphatic rings. The van der Waals surface area contributed by atoms with E-state index in [-0.39, 0.29) is 6.04 Å². The maximum absolute atomic E-state index is 10.6. The van der Waals surface area contributed by atoms with Crippen LogP contribution < -0.4 is 0 Å². The van der Waals surface area contributed by atoms with Gasteiger partial charge >= 0.3 is 0 Å². The van der Waals surface area contributed by atoms with Gasteiger partial charge in [-0.2, -0.15) is 0 Å². The fourth-order valence-electron chi connectivity index (χ4n) is 2.04. The van der Waals surface area contributed by atoms with E-state index >= 15 is 0 Å². The van der Waals surface area contributed by atoms with Crippen LogP contribution in [0.1, 0.15) is 12.0 Å². The number of hydrogen-bond acceptors (Lipinski definition) is 3. The van der Waals surface area contributed by atoms with Crippen molar-refractivity contribution in [2.45, 2.75) is 19.0 Å². The fraction of sp³-hybridized carbons (Fsp3) is 0.462. The summed E-state index contributed by atoms with van der Waals surface area (Å²) in [6.45, 7) is 3.25. The van der Waals surface area contributed by atoms with E-state index in [2.05, 4.69) is 17.0 Å². The van der Waals surface area contributed by atoms with Crippen molar-refractivity contribution in [3.8, 4) is 0 Å². The highest BCUT2D eigenvalue weighted by Crippen LogP contribution is 2.13. The van der Waals surface area contributed by atoms with Crippen LogP contribution in [-0.4, -0.2) is 37.0 Å². The second-order valence-corrected chi connectivity index (χ2v) is 4.09. The molecule has 1 unspecified atom stereocenters. The predicted octanol–water partition coefficient (Wildman–Crippen LogP) is 1.48. The zero-order valence-electron chi connectivity index (χ0n) is 9.34. The van der Waals surface area contributed by atoms with Gasteiger partial charge in [0.2, 0.25) is 0 Å². The highest BCUT2D eigenvalue weighted by Gasteiger charge is 2.22. The molecule has 0 aromatic heterocycles. The molecule has 2 rings (SSSR count). The van der Waals surface area contributed by atoms with Crippen LogP contribution in [0.2, 0.25) is 0 Å². The van der Waals surface area contributed by atoms with Crippen molar-refractivity contribution in [3.63, 3.8) is 0 Å². The lowest BCUT2D eigenvalue weighted by Crippen LogP contribution is -2.44. The van der Waals surface area contributed by atoms with Crippen LogP contribution >= 0.6 is 0 Å². The molecule has 1 atom stereocenters. The lowest BCUT2D eigenvalue weighted by molar-refractivity contribution is -0.110. The van der Waals surface area contributed by atoms with Gasteiger partial charge in [-0.05, 0) is 5.56 Å². The monoisotopic (exact) mass is 219 g/mol. The van der Waals surface area contributed by atoms with Crippen molar-refractivity contribution in [3.05, 3.63) is 35.9 Å². The van der Waals surface area contributed by atoms with Crippen LogP contribution in [0.25, 0.3) is 0 Å². The van der Waals surface area contributed by atoms with E-state index in [1.54, 1.807) is 0 Å². The molecule has 0 N–H and O–H groups in total. The quantitative estimate of drug-likeness (QED) is 0.718. The van der Waals surface area contributed by atoms with E-state index in [1.807, 2.05) is 18.2 Å². The highest BCUT2D eigenvalue weighted by atomic mass is 16.5. The molecule has 0 aliphatic carbocycles. The van der Waals surface area contributed by atoms with Gasteiger partial charge in [0.25, 0.3) is 0 Å². The van der Waals surface area contributed by atoms with Crippen molar-refractivity contribution in [1.82, 2.24) is 4.90 Å². The lowest BCUT2D eigenvalue weighted by atomic mass is 10.1. The maximum atomic E-state index is 10.6. The smallest absolute Gasteiger partial charge is 0.121 e. The zero-order valence-corrected chi connectivity index (χ0v) is 9.34. The number of nitrogens with zero attached hydrogens (tertiary/aromatic N) is 1. The molecule has 1 fully saturated rings. The summed E-state index contributed by atoms with van der Waals surface area (Å²) in [6, 6.07) is 10.6. The van der Waals surface area contributed by atoms with Gasteiger partial charge in [0.05, 0.1) is 13.2 Å². The third-order valence-electron chi connectivity index (χ3n) is 2.95. The predicted molar refractivity (Wildman–Crippen MR) is 62.1 cm³/mol. The van der Waals surface area contributed by atoms with Crippen molar-refractivity contribution < 1.29 is 9.53 Å². The van der Waals surface area contributed by atoms with E-state index < -0.39 is 0 Å². The molecule has 1 heterocycles. The van der Waals surface area contributed by atoms with Gasteiger partial charge in [0.1, 0.15) is 6.29 Å². The minimum absolute atomic E-state index is 0.242. The number of ether oxygens (including phenoxy) is 1. The van der Waals surface area contributed by atoms with E-state index in [9.17, 15) is 4.79 Å². The molecule has 1 saturated heterocycles. The Hall–Kier alpha value is -1.19. The molecule has 16 heavy (non-hydrogen) atoms. The molecule has 1 aliphatic heterocycles. The van der Waals surface area contributed by atoms with Crippen molar-refractivity contribution in [2.75, 3.05) is 19.8 Å². The maximum Gasteiger partial charge on any atom is 0.121 e. The first kappa shape index (κ1) is 11.3. The first-order chi connectivity index (χ1) is 7.90. The minimum Gasteiger partial charge on any atom is -0.378 e.